The first kappa shape index (κ1) is 21.6. The van der Waals surface area contributed by atoms with Crippen LogP contribution >= 0.6 is 0 Å². The Hall–Kier alpha value is -3.15. The van der Waals surface area contributed by atoms with Gasteiger partial charge in [0.1, 0.15) is 11.7 Å². The number of ether oxygens (including phenoxy) is 2. The van der Waals surface area contributed by atoms with Gasteiger partial charge in [0.2, 0.25) is 6.79 Å². The fourth-order valence-electron chi connectivity index (χ4n) is 3.24. The molecule has 6 heteroatoms. The third-order valence-electron chi connectivity index (χ3n) is 4.91. The normalized spacial score (nSPS) is 16.1. The number of carbonyl (C=O) groups is 1. The lowest BCUT2D eigenvalue weighted by Gasteiger charge is -2.20. The third-order valence-corrected chi connectivity index (χ3v) is 4.91. The van der Waals surface area contributed by atoms with Crippen molar-refractivity contribution in [1.82, 2.24) is 9.78 Å². The number of rotatable bonds is 8. The van der Waals surface area contributed by atoms with Crippen molar-refractivity contribution in [3.63, 3.8) is 0 Å². The molecule has 3 rings (SSSR count). The summed E-state index contributed by atoms with van der Waals surface area (Å²) in [5.41, 5.74) is 4.97. The number of nitrogens with zero attached hydrogens (tertiary/aromatic N) is 3. The van der Waals surface area contributed by atoms with Crippen LogP contribution in [0.4, 0.5) is 0 Å². The van der Waals surface area contributed by atoms with Crippen molar-refractivity contribution in [1.29, 1.82) is 0 Å². The summed E-state index contributed by atoms with van der Waals surface area (Å²) in [7, 11) is 0. The lowest BCUT2D eigenvalue weighted by atomic mass is 9.86. The summed E-state index contributed by atoms with van der Waals surface area (Å²) in [6, 6.07) is 10.4. The molecule has 0 radical (unpaired) electrons. The average Bonchev–Trinajstić information content (AvgIpc) is 3.47. The molecule has 30 heavy (non-hydrogen) atoms. The van der Waals surface area contributed by atoms with E-state index in [0.29, 0.717) is 12.3 Å². The first-order chi connectivity index (χ1) is 14.2. The molecule has 2 heterocycles. The second-order valence-electron chi connectivity index (χ2n) is 8.23. The molecule has 0 spiro atoms. The Labute approximate surface area is 177 Å². The maximum Gasteiger partial charge on any atom is 0.333 e. The Balaban J connectivity index is 2.08. The van der Waals surface area contributed by atoms with E-state index in [4.69, 9.17) is 9.47 Å². The molecule has 0 fully saturated rings. The first-order valence-corrected chi connectivity index (χ1v) is 10.1. The molecule has 0 saturated heterocycles. The summed E-state index contributed by atoms with van der Waals surface area (Å²) in [5.74, 6) is 0.0774. The van der Waals surface area contributed by atoms with Crippen molar-refractivity contribution in [2.45, 2.75) is 52.6 Å². The fraction of sp³-hybridized carbons (Fsp3) is 0.375. The Morgan fingerprint density at radius 1 is 1.23 bits per heavy atom. The fourth-order valence-corrected chi connectivity index (χ4v) is 3.24. The van der Waals surface area contributed by atoms with Gasteiger partial charge in [0, 0.05) is 24.4 Å². The van der Waals surface area contributed by atoms with Gasteiger partial charge in [-0.1, -0.05) is 51.6 Å². The van der Waals surface area contributed by atoms with E-state index in [2.05, 4.69) is 61.7 Å². The molecule has 2 aromatic rings. The summed E-state index contributed by atoms with van der Waals surface area (Å²) in [4.78, 5) is 15.9. The van der Waals surface area contributed by atoms with E-state index in [1.807, 2.05) is 30.8 Å². The zero-order chi connectivity index (χ0) is 21.9. The van der Waals surface area contributed by atoms with E-state index >= 15 is 0 Å². The maximum absolute atomic E-state index is 11.5. The summed E-state index contributed by atoms with van der Waals surface area (Å²) in [5, 5.41) is 4.55. The van der Waals surface area contributed by atoms with E-state index in [0.717, 1.165) is 28.6 Å². The smallest absolute Gasteiger partial charge is 0.333 e. The van der Waals surface area contributed by atoms with Gasteiger partial charge in [-0.2, -0.15) is 5.10 Å². The molecule has 0 amide bonds. The van der Waals surface area contributed by atoms with Gasteiger partial charge in [-0.05, 0) is 36.5 Å². The number of aryl methyl sites for hydroxylation is 2. The van der Waals surface area contributed by atoms with Crippen molar-refractivity contribution in [2.75, 3.05) is 6.79 Å². The summed E-state index contributed by atoms with van der Waals surface area (Å²) < 4.78 is 13.0. The van der Waals surface area contributed by atoms with Crippen LogP contribution in [-0.2, 0) is 26.2 Å². The van der Waals surface area contributed by atoms with Gasteiger partial charge >= 0.3 is 5.97 Å². The molecule has 1 aromatic carbocycles. The van der Waals surface area contributed by atoms with E-state index in [1.165, 1.54) is 5.56 Å². The standard InChI is InChI=1S/C24H29N3O3/c1-7-21(28)29-15-30-23(20-13-16(3)26-27(20)8-2)22(19-14-25-19)17-9-11-18(12-10-17)24(4,5)6/h7,9-14,19H,1,8,15H2,2-6H3/b23-22+. The van der Waals surface area contributed by atoms with Crippen LogP contribution in [-0.4, -0.2) is 34.8 Å². The molecule has 1 aromatic heterocycles. The lowest BCUT2D eigenvalue weighted by Crippen LogP contribution is -2.13. The van der Waals surface area contributed by atoms with Crippen LogP contribution in [0, 0.1) is 6.92 Å². The van der Waals surface area contributed by atoms with Crippen LogP contribution in [0.15, 0.2) is 48.0 Å². The van der Waals surface area contributed by atoms with Crippen molar-refractivity contribution >= 4 is 23.5 Å². The zero-order valence-electron chi connectivity index (χ0n) is 18.3. The third kappa shape index (κ3) is 4.87. The van der Waals surface area contributed by atoms with Crippen molar-refractivity contribution in [2.24, 2.45) is 4.99 Å². The molecule has 0 bridgehead atoms. The van der Waals surface area contributed by atoms with E-state index in [-0.39, 0.29) is 18.2 Å². The molecule has 6 nitrogen and oxygen atoms in total. The van der Waals surface area contributed by atoms with Crippen LogP contribution in [0.3, 0.4) is 0 Å². The first-order valence-electron chi connectivity index (χ1n) is 10.1. The quantitative estimate of drug-likeness (QED) is 0.279. The monoisotopic (exact) mass is 407 g/mol. The molecule has 1 aliphatic rings. The molecular weight excluding hydrogens is 378 g/mol. The highest BCUT2D eigenvalue weighted by Crippen LogP contribution is 2.35. The number of hydrogen-bond acceptors (Lipinski definition) is 5. The van der Waals surface area contributed by atoms with Gasteiger partial charge < -0.3 is 9.47 Å². The number of aromatic nitrogens is 2. The molecule has 1 unspecified atom stereocenters. The van der Waals surface area contributed by atoms with Gasteiger partial charge in [-0.15, -0.1) is 0 Å². The minimum absolute atomic E-state index is 0.0641. The molecule has 1 aliphatic heterocycles. The van der Waals surface area contributed by atoms with Crippen molar-refractivity contribution in [3.05, 3.63) is 65.5 Å². The number of aliphatic imine (C=N–C) groups is 1. The Kier molecular flexibility index (Phi) is 6.25. The van der Waals surface area contributed by atoms with Gasteiger partial charge in [-0.3, -0.25) is 9.67 Å². The lowest BCUT2D eigenvalue weighted by molar-refractivity contribution is -0.145. The number of benzene rings is 1. The van der Waals surface area contributed by atoms with E-state index < -0.39 is 5.97 Å². The number of carbonyl (C=O) groups excluding carboxylic acids is 1. The second kappa shape index (κ2) is 8.69. The van der Waals surface area contributed by atoms with Crippen LogP contribution < -0.4 is 0 Å². The topological polar surface area (TPSA) is 65.7 Å². The van der Waals surface area contributed by atoms with Crippen LogP contribution in [0.2, 0.25) is 0 Å². The molecular formula is C24H29N3O3. The largest absolute Gasteiger partial charge is 0.455 e. The highest BCUT2D eigenvalue weighted by atomic mass is 16.7. The summed E-state index contributed by atoms with van der Waals surface area (Å²) >= 11 is 0. The minimum atomic E-state index is -0.534. The summed E-state index contributed by atoms with van der Waals surface area (Å²) in [6.45, 7) is 14.4. The van der Waals surface area contributed by atoms with Gasteiger partial charge in [0.25, 0.3) is 0 Å². The predicted octanol–water partition coefficient (Wildman–Crippen LogP) is 4.53. The molecule has 0 aliphatic carbocycles. The molecule has 0 N–H and O–H groups in total. The van der Waals surface area contributed by atoms with Crippen LogP contribution in [0.1, 0.15) is 50.2 Å². The van der Waals surface area contributed by atoms with Gasteiger partial charge in [0.15, 0.2) is 5.76 Å². The van der Waals surface area contributed by atoms with E-state index in [9.17, 15) is 4.79 Å². The zero-order valence-corrected chi connectivity index (χ0v) is 18.3. The van der Waals surface area contributed by atoms with Crippen molar-refractivity contribution in [3.8, 4) is 0 Å². The SMILES string of the molecule is C=CC(=O)OCO/C(=C(\c1ccc(C(C)(C)C)cc1)C1C=N1)c1cc(C)nn1CC. The van der Waals surface area contributed by atoms with Crippen LogP contribution in [0.5, 0.6) is 0 Å². The highest BCUT2D eigenvalue weighted by molar-refractivity contribution is 6.03. The van der Waals surface area contributed by atoms with Crippen LogP contribution in [0.25, 0.3) is 11.3 Å². The minimum Gasteiger partial charge on any atom is -0.455 e. The Morgan fingerprint density at radius 3 is 2.43 bits per heavy atom. The predicted molar refractivity (Wildman–Crippen MR) is 119 cm³/mol. The molecule has 158 valence electrons. The molecule has 0 saturated carbocycles. The van der Waals surface area contributed by atoms with Gasteiger partial charge in [-0.25, -0.2) is 4.79 Å². The Bertz CT molecular complexity index is 986. The van der Waals surface area contributed by atoms with Gasteiger partial charge in [0.05, 0.1) is 5.69 Å². The second-order valence-corrected chi connectivity index (χ2v) is 8.23. The maximum atomic E-state index is 11.5. The molecule has 1 atom stereocenters. The highest BCUT2D eigenvalue weighted by Gasteiger charge is 2.29. The Morgan fingerprint density at radius 2 is 1.90 bits per heavy atom. The van der Waals surface area contributed by atoms with E-state index in [1.54, 1.807) is 0 Å². The summed E-state index contributed by atoms with van der Waals surface area (Å²) in [6.07, 6.45) is 2.99. The average molecular weight is 408 g/mol. The number of hydrogen-bond donors (Lipinski definition) is 0. The van der Waals surface area contributed by atoms with Crippen molar-refractivity contribution < 1.29 is 14.3 Å². The number of esters is 1.